The van der Waals surface area contributed by atoms with Gasteiger partial charge >= 0.3 is 0 Å². The van der Waals surface area contributed by atoms with E-state index in [-0.39, 0.29) is 16.7 Å². The Hall–Kier alpha value is -4.39. The molecule has 1 aliphatic rings. The van der Waals surface area contributed by atoms with Crippen LogP contribution in [0.3, 0.4) is 0 Å². The number of hydrogen-bond acceptors (Lipinski definition) is 3. The van der Waals surface area contributed by atoms with Crippen molar-refractivity contribution in [2.24, 2.45) is 0 Å². The molecule has 7 heteroatoms. The highest BCUT2D eigenvalue weighted by atomic mass is 19.1. The molecule has 1 amide bonds. The number of Topliss-reactive ketones (excluding diaryl/α,β-unsaturated/α-hetero) is 1. The molecule has 0 aliphatic carbocycles. The molecule has 1 aliphatic heterocycles. The molecule has 1 heterocycles. The van der Waals surface area contributed by atoms with Gasteiger partial charge in [-0.15, -0.1) is 0 Å². The summed E-state index contributed by atoms with van der Waals surface area (Å²) in [6, 6.07) is 18.5. The lowest BCUT2D eigenvalue weighted by molar-refractivity contribution is -0.132. The predicted octanol–water partition coefficient (Wildman–Crippen LogP) is 5.88. The van der Waals surface area contributed by atoms with Gasteiger partial charge in [0.25, 0.3) is 11.7 Å². The van der Waals surface area contributed by atoms with E-state index in [1.54, 1.807) is 18.2 Å². The number of aliphatic hydroxyl groups is 1. The standard InChI is InChI=1S/C27H16F3NO3/c28-19-9-7-16(8-10-19)24-23(25(32)18-6-5-15-3-1-2-4-17(15)13-18)26(33)27(34)31(24)22-14-20(29)11-12-21(22)30/h1-14,24,32H/b25-23-. The van der Waals surface area contributed by atoms with Crippen LogP contribution < -0.4 is 4.90 Å². The van der Waals surface area contributed by atoms with Gasteiger partial charge in [-0.05, 0) is 46.7 Å². The molecule has 0 aromatic heterocycles. The fourth-order valence-corrected chi connectivity index (χ4v) is 4.20. The Kier molecular flexibility index (Phi) is 5.17. The van der Waals surface area contributed by atoms with E-state index in [9.17, 15) is 27.9 Å². The van der Waals surface area contributed by atoms with Crippen LogP contribution in [0.25, 0.3) is 16.5 Å². The predicted molar refractivity (Wildman–Crippen MR) is 121 cm³/mol. The van der Waals surface area contributed by atoms with E-state index in [0.717, 1.165) is 46.0 Å². The van der Waals surface area contributed by atoms with Gasteiger partial charge in [-0.1, -0.05) is 48.5 Å². The van der Waals surface area contributed by atoms with Gasteiger partial charge in [0.05, 0.1) is 17.3 Å². The highest BCUT2D eigenvalue weighted by Gasteiger charge is 2.47. The first-order valence-corrected chi connectivity index (χ1v) is 10.4. The number of hydrogen-bond donors (Lipinski definition) is 1. The Balaban J connectivity index is 1.75. The summed E-state index contributed by atoms with van der Waals surface area (Å²) in [5, 5.41) is 12.9. The molecule has 1 fully saturated rings. The quantitative estimate of drug-likeness (QED) is 0.236. The second-order valence-electron chi connectivity index (χ2n) is 7.88. The summed E-state index contributed by atoms with van der Waals surface area (Å²) < 4.78 is 42.3. The zero-order chi connectivity index (χ0) is 24.0. The van der Waals surface area contributed by atoms with Gasteiger partial charge < -0.3 is 5.11 Å². The minimum Gasteiger partial charge on any atom is -0.507 e. The van der Waals surface area contributed by atoms with Crippen LogP contribution in [0, 0.1) is 17.5 Å². The third-order valence-electron chi connectivity index (χ3n) is 5.82. The molecule has 34 heavy (non-hydrogen) atoms. The number of carbonyl (C=O) groups is 2. The normalized spacial score (nSPS) is 17.5. The fraction of sp³-hybridized carbons (Fsp3) is 0.0370. The molecule has 168 valence electrons. The van der Waals surface area contributed by atoms with Crippen LogP contribution in [0.5, 0.6) is 0 Å². The van der Waals surface area contributed by atoms with Gasteiger partial charge in [-0.3, -0.25) is 14.5 Å². The van der Waals surface area contributed by atoms with E-state index < -0.39 is 46.6 Å². The van der Waals surface area contributed by atoms with Gasteiger partial charge in [0.15, 0.2) is 0 Å². The van der Waals surface area contributed by atoms with Crippen LogP contribution in [-0.2, 0) is 9.59 Å². The van der Waals surface area contributed by atoms with Gasteiger partial charge in [0.2, 0.25) is 0 Å². The van der Waals surface area contributed by atoms with Gasteiger partial charge in [0.1, 0.15) is 23.2 Å². The lowest BCUT2D eigenvalue weighted by Crippen LogP contribution is -2.30. The highest BCUT2D eigenvalue weighted by molar-refractivity contribution is 6.51. The Morgan fingerprint density at radius 1 is 0.765 bits per heavy atom. The molecular weight excluding hydrogens is 443 g/mol. The number of amides is 1. The van der Waals surface area contributed by atoms with Crippen molar-refractivity contribution in [1.29, 1.82) is 0 Å². The van der Waals surface area contributed by atoms with E-state index in [2.05, 4.69) is 0 Å². The number of ketones is 1. The van der Waals surface area contributed by atoms with Crippen molar-refractivity contribution in [1.82, 2.24) is 0 Å². The van der Waals surface area contributed by atoms with Crippen LogP contribution >= 0.6 is 0 Å². The van der Waals surface area contributed by atoms with Crippen LogP contribution in [0.15, 0.2) is 90.5 Å². The zero-order valence-corrected chi connectivity index (χ0v) is 17.5. The van der Waals surface area contributed by atoms with Crippen molar-refractivity contribution in [3.05, 3.63) is 119 Å². The molecule has 0 saturated carbocycles. The third-order valence-corrected chi connectivity index (χ3v) is 5.82. The number of halogens is 3. The van der Waals surface area contributed by atoms with Crippen molar-refractivity contribution in [3.8, 4) is 0 Å². The summed E-state index contributed by atoms with van der Waals surface area (Å²) in [4.78, 5) is 27.0. The van der Waals surface area contributed by atoms with Crippen molar-refractivity contribution >= 4 is 33.9 Å². The van der Waals surface area contributed by atoms with Crippen molar-refractivity contribution in [2.45, 2.75) is 6.04 Å². The molecule has 5 rings (SSSR count). The maximum Gasteiger partial charge on any atom is 0.300 e. The van der Waals surface area contributed by atoms with Crippen molar-refractivity contribution in [2.75, 3.05) is 4.90 Å². The maximum absolute atomic E-state index is 14.7. The van der Waals surface area contributed by atoms with E-state index in [1.165, 1.54) is 12.1 Å². The summed E-state index contributed by atoms with van der Waals surface area (Å²) in [6.07, 6.45) is 0. The zero-order valence-electron chi connectivity index (χ0n) is 17.5. The maximum atomic E-state index is 14.7. The number of rotatable bonds is 3. The smallest absolute Gasteiger partial charge is 0.300 e. The van der Waals surface area contributed by atoms with Gasteiger partial charge in [0, 0.05) is 11.6 Å². The molecule has 1 saturated heterocycles. The Bertz CT molecular complexity index is 1500. The molecule has 4 aromatic rings. The van der Waals surface area contributed by atoms with Crippen LogP contribution in [-0.4, -0.2) is 16.8 Å². The van der Waals surface area contributed by atoms with E-state index in [0.29, 0.717) is 0 Å². The second kappa shape index (κ2) is 8.19. The molecular formula is C27H16F3NO3. The number of fused-ring (bicyclic) bond motifs is 1. The van der Waals surface area contributed by atoms with E-state index in [1.807, 2.05) is 24.3 Å². The first kappa shape index (κ1) is 21.5. The fourth-order valence-electron chi connectivity index (χ4n) is 4.20. The average Bonchev–Trinajstić information content (AvgIpc) is 3.10. The lowest BCUT2D eigenvalue weighted by Gasteiger charge is -2.25. The van der Waals surface area contributed by atoms with Gasteiger partial charge in [-0.25, -0.2) is 13.2 Å². The van der Waals surface area contributed by atoms with E-state index in [4.69, 9.17) is 0 Å². The monoisotopic (exact) mass is 459 g/mol. The number of nitrogens with zero attached hydrogens (tertiary/aromatic N) is 1. The van der Waals surface area contributed by atoms with E-state index >= 15 is 0 Å². The van der Waals surface area contributed by atoms with Gasteiger partial charge in [-0.2, -0.15) is 0 Å². The first-order chi connectivity index (χ1) is 16.3. The van der Waals surface area contributed by atoms with Crippen LogP contribution in [0.4, 0.5) is 18.9 Å². The molecule has 0 bridgehead atoms. The topological polar surface area (TPSA) is 57.6 Å². The van der Waals surface area contributed by atoms with Crippen LogP contribution in [0.1, 0.15) is 17.2 Å². The molecule has 4 nitrogen and oxygen atoms in total. The summed E-state index contributed by atoms with van der Waals surface area (Å²) in [5.74, 6) is -4.98. The second-order valence-corrected chi connectivity index (χ2v) is 7.88. The largest absolute Gasteiger partial charge is 0.507 e. The lowest BCUT2D eigenvalue weighted by atomic mass is 9.94. The summed E-state index contributed by atoms with van der Waals surface area (Å²) in [7, 11) is 0. The number of benzene rings is 4. The molecule has 0 radical (unpaired) electrons. The Labute approximate surface area is 192 Å². The first-order valence-electron chi connectivity index (χ1n) is 10.4. The molecule has 0 spiro atoms. The number of anilines is 1. The SMILES string of the molecule is O=C1C(=O)N(c2cc(F)ccc2F)C(c2ccc(F)cc2)/C1=C(/O)c1ccc2ccccc2c1. The average molecular weight is 459 g/mol. The number of aliphatic hydroxyl groups excluding tert-OH is 1. The minimum absolute atomic E-state index is 0.242. The molecule has 4 aromatic carbocycles. The van der Waals surface area contributed by atoms with Crippen molar-refractivity contribution in [3.63, 3.8) is 0 Å². The Morgan fingerprint density at radius 2 is 1.44 bits per heavy atom. The molecule has 1 unspecified atom stereocenters. The number of carbonyl (C=O) groups excluding carboxylic acids is 2. The highest BCUT2D eigenvalue weighted by Crippen LogP contribution is 2.43. The summed E-state index contributed by atoms with van der Waals surface area (Å²) in [6.45, 7) is 0. The summed E-state index contributed by atoms with van der Waals surface area (Å²) in [5.41, 5.74) is -0.264. The minimum atomic E-state index is -1.30. The van der Waals surface area contributed by atoms with Crippen molar-refractivity contribution < 1.29 is 27.9 Å². The molecule has 1 N–H and O–H groups in total. The molecule has 1 atom stereocenters. The Morgan fingerprint density at radius 3 is 2.18 bits per heavy atom. The summed E-state index contributed by atoms with van der Waals surface area (Å²) >= 11 is 0. The van der Waals surface area contributed by atoms with Crippen LogP contribution in [0.2, 0.25) is 0 Å². The third kappa shape index (κ3) is 3.51.